The molecule has 0 unspecified atom stereocenters. The summed E-state index contributed by atoms with van der Waals surface area (Å²) in [4.78, 5) is 11.0. The molecule has 0 saturated carbocycles. The van der Waals surface area contributed by atoms with Crippen LogP contribution in [0.4, 0.5) is 0 Å². The number of carbonyl (C=O) groups is 1. The highest BCUT2D eigenvalue weighted by molar-refractivity contribution is 6.31. The molecule has 0 radical (unpaired) electrons. The van der Waals surface area contributed by atoms with Gasteiger partial charge in [0.25, 0.3) is 0 Å². The van der Waals surface area contributed by atoms with E-state index in [0.717, 1.165) is 31.6 Å². The molecule has 1 aromatic rings. The van der Waals surface area contributed by atoms with E-state index < -0.39 is 5.91 Å². The lowest BCUT2D eigenvalue weighted by Crippen LogP contribution is -2.16. The minimum absolute atomic E-state index is 0.434. The van der Waals surface area contributed by atoms with Crippen molar-refractivity contribution < 1.29 is 9.53 Å². The molecule has 0 bridgehead atoms. The van der Waals surface area contributed by atoms with Crippen LogP contribution in [-0.4, -0.2) is 26.2 Å². The number of carbonyl (C=O) groups excluding carboxylic acids is 1. The number of rotatable bonds is 8. The van der Waals surface area contributed by atoms with Crippen LogP contribution in [0.3, 0.4) is 0 Å². The van der Waals surface area contributed by atoms with Gasteiger partial charge in [-0.05, 0) is 37.1 Å². The normalized spacial score (nSPS) is 10.6. The molecule has 3 N–H and O–H groups in total. The van der Waals surface area contributed by atoms with Gasteiger partial charge in [-0.15, -0.1) is 0 Å². The Morgan fingerprint density at radius 2 is 2.22 bits per heavy atom. The number of nitrogens with one attached hydrogen (secondary N) is 1. The highest BCUT2D eigenvalue weighted by Crippen LogP contribution is 2.17. The monoisotopic (exact) mass is 270 g/mol. The topological polar surface area (TPSA) is 64.3 Å². The third-order valence-corrected chi connectivity index (χ3v) is 2.96. The lowest BCUT2D eigenvalue weighted by Gasteiger charge is -2.07. The van der Waals surface area contributed by atoms with Gasteiger partial charge in [-0.2, -0.15) is 0 Å². The summed E-state index contributed by atoms with van der Waals surface area (Å²) in [5.41, 5.74) is 6.58. The first-order valence-electron chi connectivity index (χ1n) is 5.93. The summed E-state index contributed by atoms with van der Waals surface area (Å²) < 4.78 is 4.97. The van der Waals surface area contributed by atoms with Crippen LogP contribution >= 0.6 is 11.6 Å². The summed E-state index contributed by atoms with van der Waals surface area (Å²) in [6, 6.07) is 5.12. The van der Waals surface area contributed by atoms with Crippen molar-refractivity contribution in [2.45, 2.75) is 19.4 Å². The number of ether oxygens (including phenoxy) is 1. The van der Waals surface area contributed by atoms with Gasteiger partial charge >= 0.3 is 0 Å². The van der Waals surface area contributed by atoms with Gasteiger partial charge in [0.05, 0.1) is 0 Å². The van der Waals surface area contributed by atoms with Gasteiger partial charge in [0, 0.05) is 30.8 Å². The molecule has 0 saturated heterocycles. The van der Waals surface area contributed by atoms with E-state index in [4.69, 9.17) is 22.1 Å². The molecule has 5 heteroatoms. The number of primary amides is 1. The number of nitrogens with two attached hydrogens (primary N) is 1. The second kappa shape index (κ2) is 8.08. The van der Waals surface area contributed by atoms with Gasteiger partial charge < -0.3 is 15.8 Å². The lowest BCUT2D eigenvalue weighted by molar-refractivity contribution is 0.100. The van der Waals surface area contributed by atoms with Crippen molar-refractivity contribution in [3.8, 4) is 0 Å². The maximum atomic E-state index is 11.0. The number of halogens is 1. The zero-order valence-corrected chi connectivity index (χ0v) is 11.3. The number of amides is 1. The van der Waals surface area contributed by atoms with Crippen molar-refractivity contribution in [1.82, 2.24) is 5.32 Å². The molecular formula is C13H19ClN2O2. The van der Waals surface area contributed by atoms with Crippen LogP contribution in [0.15, 0.2) is 18.2 Å². The number of hydrogen-bond donors (Lipinski definition) is 2. The number of benzene rings is 1. The van der Waals surface area contributed by atoms with Gasteiger partial charge in [-0.25, -0.2) is 0 Å². The van der Waals surface area contributed by atoms with Crippen LogP contribution in [0.25, 0.3) is 0 Å². The Balaban J connectivity index is 2.36. The van der Waals surface area contributed by atoms with Crippen molar-refractivity contribution in [3.05, 3.63) is 34.3 Å². The molecule has 0 atom stereocenters. The number of methoxy groups -OCH3 is 1. The molecule has 4 nitrogen and oxygen atoms in total. The lowest BCUT2D eigenvalue weighted by atomic mass is 10.1. The first kappa shape index (κ1) is 15.0. The van der Waals surface area contributed by atoms with Gasteiger partial charge in [0.2, 0.25) is 5.91 Å². The van der Waals surface area contributed by atoms with Gasteiger partial charge in [-0.1, -0.05) is 17.7 Å². The quantitative estimate of drug-likeness (QED) is 0.710. The maximum Gasteiger partial charge on any atom is 0.248 e. The average Bonchev–Trinajstić information content (AvgIpc) is 2.35. The first-order valence-corrected chi connectivity index (χ1v) is 6.31. The summed E-state index contributed by atoms with van der Waals surface area (Å²) >= 11 is 6.07. The van der Waals surface area contributed by atoms with Gasteiger partial charge in [0.1, 0.15) is 0 Å². The summed E-state index contributed by atoms with van der Waals surface area (Å²) in [5.74, 6) is -0.462. The Morgan fingerprint density at radius 1 is 1.44 bits per heavy atom. The Morgan fingerprint density at radius 3 is 2.83 bits per heavy atom. The van der Waals surface area contributed by atoms with E-state index in [-0.39, 0.29) is 0 Å². The van der Waals surface area contributed by atoms with Crippen molar-refractivity contribution in [2.75, 3.05) is 20.3 Å². The molecule has 100 valence electrons. The van der Waals surface area contributed by atoms with Crippen LogP contribution in [0.1, 0.15) is 28.8 Å². The molecule has 0 aromatic heterocycles. The van der Waals surface area contributed by atoms with Gasteiger partial charge in [-0.3, -0.25) is 4.79 Å². The summed E-state index contributed by atoms with van der Waals surface area (Å²) in [7, 11) is 1.70. The predicted molar refractivity (Wildman–Crippen MR) is 72.8 cm³/mol. The van der Waals surface area contributed by atoms with Crippen LogP contribution < -0.4 is 11.1 Å². The highest BCUT2D eigenvalue weighted by Gasteiger charge is 2.05. The predicted octanol–water partition coefficient (Wildman–Crippen LogP) is 1.96. The molecule has 0 aliphatic heterocycles. The molecular weight excluding hydrogens is 252 g/mol. The Bertz CT molecular complexity index is 397. The molecule has 0 aliphatic rings. The van der Waals surface area contributed by atoms with Crippen molar-refractivity contribution in [1.29, 1.82) is 0 Å². The Labute approximate surface area is 112 Å². The maximum absolute atomic E-state index is 11.0. The van der Waals surface area contributed by atoms with Crippen LogP contribution in [0.5, 0.6) is 0 Å². The zero-order chi connectivity index (χ0) is 13.4. The van der Waals surface area contributed by atoms with E-state index in [1.165, 1.54) is 0 Å². The molecule has 18 heavy (non-hydrogen) atoms. The number of hydrogen-bond acceptors (Lipinski definition) is 3. The largest absolute Gasteiger partial charge is 0.385 e. The van der Waals surface area contributed by atoms with E-state index in [1.807, 2.05) is 6.07 Å². The third-order valence-electron chi connectivity index (χ3n) is 2.61. The van der Waals surface area contributed by atoms with Crippen molar-refractivity contribution >= 4 is 17.5 Å². The molecule has 0 aliphatic carbocycles. The SMILES string of the molecule is COCCCCNCc1ccc(C(N)=O)cc1Cl. The number of unbranched alkanes of at least 4 members (excludes halogenated alkanes) is 1. The van der Waals surface area contributed by atoms with Crippen molar-refractivity contribution in [2.24, 2.45) is 5.73 Å². The summed E-state index contributed by atoms with van der Waals surface area (Å²) in [6.07, 6.45) is 2.10. The summed E-state index contributed by atoms with van der Waals surface area (Å²) in [6.45, 7) is 2.39. The molecule has 0 fully saturated rings. The molecule has 0 heterocycles. The Hall–Kier alpha value is -1.10. The van der Waals surface area contributed by atoms with Crippen LogP contribution in [0.2, 0.25) is 5.02 Å². The van der Waals surface area contributed by atoms with Crippen molar-refractivity contribution in [3.63, 3.8) is 0 Å². The minimum atomic E-state index is -0.462. The first-order chi connectivity index (χ1) is 8.65. The fourth-order valence-corrected chi connectivity index (χ4v) is 1.81. The highest BCUT2D eigenvalue weighted by atomic mass is 35.5. The van der Waals surface area contributed by atoms with E-state index >= 15 is 0 Å². The second-order valence-corrected chi connectivity index (χ2v) is 4.45. The van der Waals surface area contributed by atoms with Gasteiger partial charge in [0.15, 0.2) is 0 Å². The standard InChI is InChI=1S/C13H19ClN2O2/c1-18-7-3-2-6-16-9-11-5-4-10(13(15)17)8-12(11)14/h4-5,8,16H,2-3,6-7,9H2,1H3,(H2,15,17). The second-order valence-electron chi connectivity index (χ2n) is 4.05. The molecule has 1 aromatic carbocycles. The molecule has 1 rings (SSSR count). The fourth-order valence-electron chi connectivity index (χ4n) is 1.56. The minimum Gasteiger partial charge on any atom is -0.385 e. The van der Waals surface area contributed by atoms with Crippen LogP contribution in [0, 0.1) is 0 Å². The molecule has 1 amide bonds. The van der Waals surface area contributed by atoms with Crippen LogP contribution in [-0.2, 0) is 11.3 Å². The average molecular weight is 271 g/mol. The Kier molecular flexibility index (Phi) is 6.72. The molecule has 0 spiro atoms. The summed E-state index contributed by atoms with van der Waals surface area (Å²) in [5, 5.41) is 3.86. The van der Waals surface area contributed by atoms with E-state index in [0.29, 0.717) is 17.1 Å². The van der Waals surface area contributed by atoms with E-state index in [1.54, 1.807) is 19.2 Å². The van der Waals surface area contributed by atoms with E-state index in [2.05, 4.69) is 5.32 Å². The third kappa shape index (κ3) is 5.04. The van der Waals surface area contributed by atoms with E-state index in [9.17, 15) is 4.79 Å². The smallest absolute Gasteiger partial charge is 0.248 e. The zero-order valence-electron chi connectivity index (χ0n) is 10.5. The fraction of sp³-hybridized carbons (Fsp3) is 0.462.